The molecule has 2 fully saturated rings. The third kappa shape index (κ3) is 5.22. The molecule has 7 nitrogen and oxygen atoms in total. The summed E-state index contributed by atoms with van der Waals surface area (Å²) in [5.74, 6) is 0.511. The van der Waals surface area contributed by atoms with E-state index in [1.54, 1.807) is 24.3 Å². The summed E-state index contributed by atoms with van der Waals surface area (Å²) in [7, 11) is 0. The second-order valence-electron chi connectivity index (χ2n) is 9.38. The van der Waals surface area contributed by atoms with Gasteiger partial charge in [0.2, 0.25) is 5.88 Å². The fourth-order valence-corrected chi connectivity index (χ4v) is 4.74. The van der Waals surface area contributed by atoms with Gasteiger partial charge in [0.05, 0.1) is 29.3 Å². The standard InChI is InChI=1S/C29H27N5O2/c30-16-20-4-8-22(9-5-20)28(24-12-13-27(32-18-24)36-26-2-1-3-26)34-15-14-25(19-34)33-29(35)23-10-6-21(17-31)7-11-23/h4-13,18,25-26,28H,1-3,14-15,19H2,(H,33,35)/t25?,28-/m1/s1. The third-order valence-electron chi connectivity index (χ3n) is 6.97. The molecule has 36 heavy (non-hydrogen) atoms. The number of pyridine rings is 1. The van der Waals surface area contributed by atoms with Crippen LogP contribution in [0.15, 0.2) is 66.9 Å². The number of carbonyl (C=O) groups is 1. The fourth-order valence-electron chi connectivity index (χ4n) is 4.74. The van der Waals surface area contributed by atoms with E-state index in [0.29, 0.717) is 29.1 Å². The van der Waals surface area contributed by atoms with E-state index in [4.69, 9.17) is 10.00 Å². The van der Waals surface area contributed by atoms with Crippen LogP contribution in [0.3, 0.4) is 0 Å². The Kier molecular flexibility index (Phi) is 6.93. The molecule has 7 heteroatoms. The average Bonchev–Trinajstić information content (AvgIpc) is 3.35. The minimum Gasteiger partial charge on any atom is -0.474 e. The van der Waals surface area contributed by atoms with Crippen LogP contribution in [-0.4, -0.2) is 41.0 Å². The summed E-state index contributed by atoms with van der Waals surface area (Å²) < 4.78 is 5.94. The average molecular weight is 478 g/mol. The molecule has 1 aromatic heterocycles. The smallest absolute Gasteiger partial charge is 0.251 e. The first-order chi connectivity index (χ1) is 17.6. The SMILES string of the molecule is N#Cc1ccc(C(=O)NC2CCN([C@H](c3ccc(C#N)cc3)c3ccc(OC4CCC4)nc3)C2)cc1. The number of ether oxygens (including phenoxy) is 1. The van der Waals surface area contributed by atoms with Crippen molar-refractivity contribution in [1.29, 1.82) is 10.5 Å². The van der Waals surface area contributed by atoms with E-state index in [1.165, 1.54) is 6.42 Å². The maximum Gasteiger partial charge on any atom is 0.251 e. The second-order valence-corrected chi connectivity index (χ2v) is 9.38. The van der Waals surface area contributed by atoms with Crippen molar-refractivity contribution in [3.05, 3.63) is 94.7 Å². The Labute approximate surface area is 211 Å². The maximum absolute atomic E-state index is 12.8. The Balaban J connectivity index is 1.32. The predicted octanol–water partition coefficient (Wildman–Crippen LogP) is 4.35. The lowest BCUT2D eigenvalue weighted by molar-refractivity contribution is 0.0936. The van der Waals surface area contributed by atoms with E-state index in [0.717, 1.165) is 36.9 Å². The van der Waals surface area contributed by atoms with E-state index in [-0.39, 0.29) is 24.1 Å². The van der Waals surface area contributed by atoms with Gasteiger partial charge in [0.1, 0.15) is 6.10 Å². The lowest BCUT2D eigenvalue weighted by Crippen LogP contribution is -2.38. The molecular formula is C29H27N5O2. The molecule has 1 aliphatic carbocycles. The lowest BCUT2D eigenvalue weighted by atomic mass is 9.96. The lowest BCUT2D eigenvalue weighted by Gasteiger charge is -2.29. The molecule has 1 N–H and O–H groups in total. The Morgan fingerprint density at radius 3 is 2.19 bits per heavy atom. The topological polar surface area (TPSA) is 102 Å². The van der Waals surface area contributed by atoms with Gasteiger partial charge >= 0.3 is 0 Å². The Morgan fingerprint density at radius 1 is 0.944 bits per heavy atom. The first-order valence-electron chi connectivity index (χ1n) is 12.3. The van der Waals surface area contributed by atoms with Gasteiger partial charge in [-0.3, -0.25) is 9.69 Å². The number of amides is 1. The van der Waals surface area contributed by atoms with Crippen LogP contribution in [-0.2, 0) is 0 Å². The van der Waals surface area contributed by atoms with Gasteiger partial charge in [-0.1, -0.05) is 18.2 Å². The van der Waals surface area contributed by atoms with Crippen molar-refractivity contribution in [3.8, 4) is 18.0 Å². The van der Waals surface area contributed by atoms with Crippen LogP contribution in [0.4, 0.5) is 0 Å². The van der Waals surface area contributed by atoms with Crippen molar-refractivity contribution in [3.63, 3.8) is 0 Å². The zero-order chi connectivity index (χ0) is 24.9. The number of benzene rings is 2. The number of nitrogens with one attached hydrogen (secondary N) is 1. The first kappa shape index (κ1) is 23.5. The largest absolute Gasteiger partial charge is 0.474 e. The number of aromatic nitrogens is 1. The molecule has 0 bridgehead atoms. The minimum atomic E-state index is -0.138. The molecule has 2 aromatic carbocycles. The van der Waals surface area contributed by atoms with Crippen LogP contribution in [0.25, 0.3) is 0 Å². The van der Waals surface area contributed by atoms with Crippen molar-refractivity contribution in [2.24, 2.45) is 0 Å². The van der Waals surface area contributed by atoms with E-state index in [2.05, 4.69) is 33.4 Å². The molecule has 2 aliphatic rings. The number of hydrogen-bond donors (Lipinski definition) is 1. The highest BCUT2D eigenvalue weighted by Crippen LogP contribution is 2.33. The van der Waals surface area contributed by atoms with E-state index in [1.807, 2.05) is 36.5 Å². The van der Waals surface area contributed by atoms with Gasteiger partial charge in [0.25, 0.3) is 5.91 Å². The molecule has 1 saturated carbocycles. The molecule has 2 atom stereocenters. The summed E-state index contributed by atoms with van der Waals surface area (Å²) in [6.07, 6.45) is 6.35. The maximum atomic E-state index is 12.8. The molecular weight excluding hydrogens is 450 g/mol. The van der Waals surface area contributed by atoms with Crippen LogP contribution in [0, 0.1) is 22.7 Å². The Morgan fingerprint density at radius 2 is 1.61 bits per heavy atom. The van der Waals surface area contributed by atoms with E-state index >= 15 is 0 Å². The number of nitriles is 2. The Hall–Kier alpha value is -4.20. The fraction of sp³-hybridized carbons (Fsp3) is 0.310. The van der Waals surface area contributed by atoms with Gasteiger partial charge in [-0.2, -0.15) is 10.5 Å². The van der Waals surface area contributed by atoms with Crippen molar-refractivity contribution >= 4 is 5.91 Å². The van der Waals surface area contributed by atoms with Crippen molar-refractivity contribution in [2.45, 2.75) is 43.9 Å². The van der Waals surface area contributed by atoms with Crippen LogP contribution < -0.4 is 10.1 Å². The minimum absolute atomic E-state index is 0.00297. The van der Waals surface area contributed by atoms with E-state index in [9.17, 15) is 10.1 Å². The van der Waals surface area contributed by atoms with Gasteiger partial charge in [-0.15, -0.1) is 0 Å². The summed E-state index contributed by atoms with van der Waals surface area (Å²) >= 11 is 0. The predicted molar refractivity (Wildman–Crippen MR) is 134 cm³/mol. The summed E-state index contributed by atoms with van der Waals surface area (Å²) in [6.45, 7) is 1.50. The molecule has 180 valence electrons. The van der Waals surface area contributed by atoms with Gasteiger partial charge in [-0.25, -0.2) is 4.98 Å². The third-order valence-corrected chi connectivity index (χ3v) is 6.97. The normalized spacial score (nSPS) is 18.4. The summed E-state index contributed by atoms with van der Waals surface area (Å²) in [5.41, 5.74) is 3.81. The quantitative estimate of drug-likeness (QED) is 0.543. The molecule has 0 spiro atoms. The zero-order valence-corrected chi connectivity index (χ0v) is 19.9. The summed E-state index contributed by atoms with van der Waals surface area (Å²) in [4.78, 5) is 19.7. The molecule has 0 radical (unpaired) electrons. The van der Waals surface area contributed by atoms with Crippen molar-refractivity contribution in [1.82, 2.24) is 15.2 Å². The molecule has 5 rings (SSSR count). The summed E-state index contributed by atoms with van der Waals surface area (Å²) in [6, 6.07) is 22.5. The Bertz CT molecular complexity index is 1290. The van der Waals surface area contributed by atoms with Crippen LogP contribution in [0.2, 0.25) is 0 Å². The van der Waals surface area contributed by atoms with Crippen LogP contribution in [0.1, 0.15) is 64.3 Å². The van der Waals surface area contributed by atoms with Crippen molar-refractivity contribution in [2.75, 3.05) is 13.1 Å². The van der Waals surface area contributed by atoms with Crippen LogP contribution >= 0.6 is 0 Å². The van der Waals surface area contributed by atoms with Crippen molar-refractivity contribution < 1.29 is 9.53 Å². The monoisotopic (exact) mass is 477 g/mol. The van der Waals surface area contributed by atoms with E-state index < -0.39 is 0 Å². The number of likely N-dealkylation sites (tertiary alicyclic amines) is 1. The number of rotatable bonds is 7. The zero-order valence-electron chi connectivity index (χ0n) is 19.9. The van der Waals surface area contributed by atoms with Gasteiger partial charge in [-0.05, 0) is 73.2 Å². The van der Waals surface area contributed by atoms with Gasteiger partial charge in [0, 0.05) is 37.0 Å². The molecule has 1 saturated heterocycles. The molecule has 1 unspecified atom stereocenters. The highest BCUT2D eigenvalue weighted by atomic mass is 16.5. The summed E-state index contributed by atoms with van der Waals surface area (Å²) in [5, 5.41) is 21.3. The van der Waals surface area contributed by atoms with Gasteiger partial charge < -0.3 is 10.1 Å². The molecule has 2 heterocycles. The first-order valence-corrected chi connectivity index (χ1v) is 12.3. The number of hydrogen-bond acceptors (Lipinski definition) is 6. The highest BCUT2D eigenvalue weighted by molar-refractivity contribution is 5.94. The van der Waals surface area contributed by atoms with Crippen LogP contribution in [0.5, 0.6) is 5.88 Å². The molecule has 1 amide bonds. The molecule has 3 aromatic rings. The number of nitrogens with zero attached hydrogens (tertiary/aromatic N) is 4. The highest BCUT2D eigenvalue weighted by Gasteiger charge is 2.31. The molecule has 1 aliphatic heterocycles. The van der Waals surface area contributed by atoms with Gasteiger partial charge in [0.15, 0.2) is 0 Å². The number of carbonyl (C=O) groups excluding carboxylic acids is 1. The second kappa shape index (κ2) is 10.6.